The zero-order valence-electron chi connectivity index (χ0n) is 21.9. The Morgan fingerprint density at radius 3 is 2.23 bits per heavy atom. The molecular formula is C32H38N2O. The molecule has 3 aromatic rings. The van der Waals surface area contributed by atoms with E-state index in [-0.39, 0.29) is 16.7 Å². The van der Waals surface area contributed by atoms with Crippen molar-refractivity contribution >= 4 is 11.6 Å². The number of rotatable bonds is 3. The van der Waals surface area contributed by atoms with Gasteiger partial charge in [0, 0.05) is 29.8 Å². The van der Waals surface area contributed by atoms with Gasteiger partial charge in [-0.1, -0.05) is 80.4 Å². The number of carbonyl (C=O) groups excluding carboxylic acids is 1. The number of likely N-dealkylation sites (tertiary alicyclic amines) is 1. The van der Waals surface area contributed by atoms with Crippen LogP contribution in [0, 0.1) is 13.8 Å². The summed E-state index contributed by atoms with van der Waals surface area (Å²) in [5.74, 6) is 0.122. The number of nitrogens with zero attached hydrogens (tertiary/aromatic N) is 2. The summed E-state index contributed by atoms with van der Waals surface area (Å²) in [5.41, 5.74) is 8.65. The average Bonchev–Trinajstić information content (AvgIpc) is 3.13. The van der Waals surface area contributed by atoms with Gasteiger partial charge in [-0.3, -0.25) is 9.69 Å². The summed E-state index contributed by atoms with van der Waals surface area (Å²) in [5, 5.41) is 0. The number of fused-ring (bicyclic) bond motifs is 2. The number of hydrogen-bond acceptors (Lipinski definition) is 2. The number of anilines is 1. The summed E-state index contributed by atoms with van der Waals surface area (Å²) in [4.78, 5) is 18.2. The van der Waals surface area contributed by atoms with Crippen molar-refractivity contribution in [3.63, 3.8) is 0 Å². The van der Waals surface area contributed by atoms with Crippen molar-refractivity contribution in [1.29, 1.82) is 0 Å². The van der Waals surface area contributed by atoms with E-state index in [4.69, 9.17) is 0 Å². The third-order valence-corrected chi connectivity index (χ3v) is 8.02. The SMILES string of the molecule is Cc1cccc(C(=O)N2CC3(CCN(Cc4ccc(C(C)(C)C)cc4)CC3)c3cc(C)ccc32)c1. The second-order valence-corrected chi connectivity index (χ2v) is 11.8. The summed E-state index contributed by atoms with van der Waals surface area (Å²) in [6.07, 6.45) is 2.17. The van der Waals surface area contributed by atoms with E-state index in [9.17, 15) is 4.79 Å². The molecule has 0 unspecified atom stereocenters. The van der Waals surface area contributed by atoms with Crippen LogP contribution in [0.4, 0.5) is 5.69 Å². The van der Waals surface area contributed by atoms with Gasteiger partial charge in [0.25, 0.3) is 5.91 Å². The van der Waals surface area contributed by atoms with Crippen molar-refractivity contribution in [1.82, 2.24) is 4.90 Å². The molecule has 5 rings (SSSR count). The van der Waals surface area contributed by atoms with Crippen molar-refractivity contribution in [2.24, 2.45) is 0 Å². The van der Waals surface area contributed by atoms with Crippen molar-refractivity contribution in [2.45, 2.75) is 64.8 Å². The van der Waals surface area contributed by atoms with Gasteiger partial charge in [-0.25, -0.2) is 0 Å². The second kappa shape index (κ2) is 8.95. The highest BCUT2D eigenvalue weighted by molar-refractivity contribution is 6.07. The van der Waals surface area contributed by atoms with Gasteiger partial charge in [0.1, 0.15) is 0 Å². The Morgan fingerprint density at radius 1 is 0.886 bits per heavy atom. The molecule has 0 atom stereocenters. The Labute approximate surface area is 210 Å². The summed E-state index contributed by atoms with van der Waals surface area (Å²) in [6.45, 7) is 14.9. The lowest BCUT2D eigenvalue weighted by Crippen LogP contribution is -2.45. The molecule has 1 saturated heterocycles. The maximum absolute atomic E-state index is 13.6. The van der Waals surface area contributed by atoms with Gasteiger partial charge in [-0.15, -0.1) is 0 Å². The summed E-state index contributed by atoms with van der Waals surface area (Å²) >= 11 is 0. The minimum absolute atomic E-state index is 0.0490. The smallest absolute Gasteiger partial charge is 0.258 e. The lowest BCUT2D eigenvalue weighted by atomic mass is 9.74. The molecule has 3 aromatic carbocycles. The van der Waals surface area contributed by atoms with Crippen LogP contribution in [0.1, 0.15) is 71.8 Å². The number of amides is 1. The second-order valence-electron chi connectivity index (χ2n) is 11.8. The van der Waals surface area contributed by atoms with Crippen molar-refractivity contribution in [2.75, 3.05) is 24.5 Å². The maximum Gasteiger partial charge on any atom is 0.258 e. The fourth-order valence-corrected chi connectivity index (χ4v) is 5.83. The first kappa shape index (κ1) is 23.8. The molecule has 0 saturated carbocycles. The van der Waals surface area contributed by atoms with E-state index in [0.717, 1.165) is 55.8 Å². The molecule has 0 aliphatic carbocycles. The van der Waals surface area contributed by atoms with E-state index in [1.165, 1.54) is 22.3 Å². The predicted octanol–water partition coefficient (Wildman–Crippen LogP) is 6.80. The number of hydrogen-bond donors (Lipinski definition) is 0. The number of aryl methyl sites for hydroxylation is 2. The van der Waals surface area contributed by atoms with E-state index >= 15 is 0 Å². The van der Waals surface area contributed by atoms with Crippen LogP contribution in [-0.4, -0.2) is 30.4 Å². The number of piperidine rings is 1. The molecular weight excluding hydrogens is 428 g/mol. The molecule has 0 N–H and O–H groups in total. The third-order valence-electron chi connectivity index (χ3n) is 8.02. The molecule has 35 heavy (non-hydrogen) atoms. The van der Waals surface area contributed by atoms with Crippen LogP contribution in [0.5, 0.6) is 0 Å². The van der Waals surface area contributed by atoms with Crippen LogP contribution < -0.4 is 4.90 Å². The maximum atomic E-state index is 13.6. The molecule has 1 fully saturated rings. The minimum atomic E-state index is 0.0490. The Balaban J connectivity index is 1.34. The predicted molar refractivity (Wildman–Crippen MR) is 145 cm³/mol. The normalized spacial score (nSPS) is 17.6. The average molecular weight is 467 g/mol. The van der Waals surface area contributed by atoms with Gasteiger partial charge in [-0.05, 0) is 80.1 Å². The first-order valence-corrected chi connectivity index (χ1v) is 13.0. The van der Waals surface area contributed by atoms with Gasteiger partial charge in [0.15, 0.2) is 0 Å². The van der Waals surface area contributed by atoms with Gasteiger partial charge in [0.05, 0.1) is 0 Å². The molecule has 2 aliphatic rings. The Kier molecular flexibility index (Phi) is 6.09. The molecule has 1 spiro atoms. The highest BCUT2D eigenvalue weighted by Crippen LogP contribution is 2.48. The summed E-state index contributed by atoms with van der Waals surface area (Å²) < 4.78 is 0. The first-order valence-electron chi connectivity index (χ1n) is 13.0. The largest absolute Gasteiger partial charge is 0.307 e. The van der Waals surface area contributed by atoms with E-state index in [1.54, 1.807) is 0 Å². The van der Waals surface area contributed by atoms with Gasteiger partial charge < -0.3 is 4.90 Å². The highest BCUT2D eigenvalue weighted by atomic mass is 16.2. The standard InChI is InChI=1S/C32H38N2O/c1-23-7-6-8-26(19-23)30(35)34-22-32(28-20-24(2)9-14-29(28)34)15-17-33(18-16-32)21-25-10-12-27(13-11-25)31(3,4)5/h6-14,19-20H,15-18,21-22H2,1-5H3. The monoisotopic (exact) mass is 466 g/mol. The molecule has 2 heterocycles. The van der Waals surface area contributed by atoms with Gasteiger partial charge in [0.2, 0.25) is 0 Å². The minimum Gasteiger partial charge on any atom is -0.307 e. The highest BCUT2D eigenvalue weighted by Gasteiger charge is 2.46. The van der Waals surface area contributed by atoms with Crippen molar-refractivity contribution < 1.29 is 4.79 Å². The third kappa shape index (κ3) is 4.67. The number of carbonyl (C=O) groups is 1. The first-order chi connectivity index (χ1) is 16.6. The zero-order valence-corrected chi connectivity index (χ0v) is 21.9. The zero-order chi connectivity index (χ0) is 24.8. The lowest BCUT2D eigenvalue weighted by Gasteiger charge is -2.40. The van der Waals surface area contributed by atoms with E-state index in [1.807, 2.05) is 36.1 Å². The number of benzene rings is 3. The van der Waals surface area contributed by atoms with Gasteiger partial charge in [-0.2, -0.15) is 0 Å². The summed E-state index contributed by atoms with van der Waals surface area (Å²) in [6, 6.07) is 23.8. The Bertz CT molecular complexity index is 1230. The molecule has 1 amide bonds. The van der Waals surface area contributed by atoms with Crippen LogP contribution in [0.25, 0.3) is 0 Å². The molecule has 3 heteroatoms. The van der Waals surface area contributed by atoms with Crippen LogP contribution in [0.2, 0.25) is 0 Å². The van der Waals surface area contributed by atoms with Crippen molar-refractivity contribution in [3.05, 3.63) is 100 Å². The fourth-order valence-electron chi connectivity index (χ4n) is 5.83. The van der Waals surface area contributed by atoms with E-state index < -0.39 is 0 Å². The molecule has 3 nitrogen and oxygen atoms in total. The van der Waals surface area contributed by atoms with Crippen LogP contribution >= 0.6 is 0 Å². The Hall–Kier alpha value is -2.91. The van der Waals surface area contributed by atoms with Crippen LogP contribution in [0.3, 0.4) is 0 Å². The van der Waals surface area contributed by atoms with E-state index in [2.05, 4.69) is 75.1 Å². The fraction of sp³-hybridized carbons (Fsp3) is 0.406. The molecule has 0 radical (unpaired) electrons. The van der Waals surface area contributed by atoms with E-state index in [0.29, 0.717) is 0 Å². The summed E-state index contributed by atoms with van der Waals surface area (Å²) in [7, 11) is 0. The van der Waals surface area contributed by atoms with Crippen LogP contribution in [0.15, 0.2) is 66.7 Å². The Morgan fingerprint density at radius 2 is 1.57 bits per heavy atom. The molecule has 0 aromatic heterocycles. The molecule has 2 aliphatic heterocycles. The van der Waals surface area contributed by atoms with Gasteiger partial charge >= 0.3 is 0 Å². The topological polar surface area (TPSA) is 23.6 Å². The van der Waals surface area contributed by atoms with Crippen molar-refractivity contribution in [3.8, 4) is 0 Å². The molecule has 0 bridgehead atoms. The lowest BCUT2D eigenvalue weighted by molar-refractivity contribution is 0.0975. The van der Waals surface area contributed by atoms with Crippen LogP contribution in [-0.2, 0) is 17.4 Å². The quantitative estimate of drug-likeness (QED) is 0.424. The molecule has 182 valence electrons.